The van der Waals surface area contributed by atoms with Crippen LogP contribution in [0.1, 0.15) is 5.01 Å². The van der Waals surface area contributed by atoms with Crippen molar-refractivity contribution < 1.29 is 9.47 Å². The van der Waals surface area contributed by atoms with Crippen LogP contribution in [0.25, 0.3) is 10.2 Å². The van der Waals surface area contributed by atoms with Crippen LogP contribution >= 0.6 is 11.3 Å². The smallest absolute Gasteiger partial charge is 0.162 e. The molecular weight excluding hydrogens is 272 g/mol. The lowest BCUT2D eigenvalue weighted by atomic mass is 10.3. The van der Waals surface area contributed by atoms with Crippen molar-refractivity contribution in [2.45, 2.75) is 6.61 Å². The molecule has 0 aliphatic rings. The van der Waals surface area contributed by atoms with Gasteiger partial charge in [0.1, 0.15) is 11.6 Å². The first-order chi connectivity index (χ1) is 9.76. The molecule has 0 unspecified atom stereocenters. The van der Waals surface area contributed by atoms with E-state index < -0.39 is 0 Å². The molecule has 102 valence electrons. The third kappa shape index (κ3) is 2.53. The van der Waals surface area contributed by atoms with Gasteiger partial charge in [-0.1, -0.05) is 12.1 Å². The summed E-state index contributed by atoms with van der Waals surface area (Å²) in [5, 5.41) is 0.935. The van der Waals surface area contributed by atoms with E-state index in [-0.39, 0.29) is 0 Å². The van der Waals surface area contributed by atoms with Crippen LogP contribution < -0.4 is 15.2 Å². The lowest BCUT2D eigenvalue weighted by Gasteiger charge is -2.09. The number of thiazole rings is 1. The van der Waals surface area contributed by atoms with Crippen molar-refractivity contribution in [1.82, 2.24) is 4.98 Å². The maximum atomic E-state index is 5.77. The Bertz CT molecular complexity index is 707. The SMILES string of the molecule is COc1cc(N)ccc1OCc1nc2ccccc2s1. The quantitative estimate of drug-likeness (QED) is 0.746. The van der Waals surface area contributed by atoms with E-state index in [9.17, 15) is 0 Å². The second kappa shape index (κ2) is 5.38. The first-order valence-electron chi connectivity index (χ1n) is 6.17. The highest BCUT2D eigenvalue weighted by Gasteiger charge is 2.07. The molecule has 2 N–H and O–H groups in total. The van der Waals surface area contributed by atoms with Gasteiger partial charge in [-0.3, -0.25) is 0 Å². The minimum atomic E-state index is 0.416. The molecule has 0 saturated heterocycles. The molecule has 0 radical (unpaired) electrons. The van der Waals surface area contributed by atoms with Gasteiger partial charge in [-0.05, 0) is 24.3 Å². The molecule has 1 aromatic heterocycles. The summed E-state index contributed by atoms with van der Waals surface area (Å²) in [6.07, 6.45) is 0. The number of fused-ring (bicyclic) bond motifs is 1. The van der Waals surface area contributed by atoms with Crippen LogP contribution in [0.5, 0.6) is 11.5 Å². The van der Waals surface area contributed by atoms with Gasteiger partial charge in [0, 0.05) is 11.8 Å². The molecule has 20 heavy (non-hydrogen) atoms. The van der Waals surface area contributed by atoms with Crippen LogP contribution in [-0.4, -0.2) is 12.1 Å². The number of benzene rings is 2. The van der Waals surface area contributed by atoms with E-state index in [1.165, 1.54) is 0 Å². The third-order valence-corrected chi connectivity index (χ3v) is 3.89. The van der Waals surface area contributed by atoms with Gasteiger partial charge in [0.2, 0.25) is 0 Å². The van der Waals surface area contributed by atoms with Crippen LogP contribution in [-0.2, 0) is 6.61 Å². The monoisotopic (exact) mass is 286 g/mol. The summed E-state index contributed by atoms with van der Waals surface area (Å²) in [4.78, 5) is 4.53. The van der Waals surface area contributed by atoms with Crippen LogP contribution in [0.2, 0.25) is 0 Å². The Hall–Kier alpha value is -2.27. The molecule has 0 amide bonds. The van der Waals surface area contributed by atoms with E-state index in [1.54, 1.807) is 30.6 Å². The van der Waals surface area contributed by atoms with Crippen molar-refractivity contribution >= 4 is 27.2 Å². The number of nitrogen functional groups attached to an aromatic ring is 1. The van der Waals surface area contributed by atoms with Gasteiger partial charge >= 0.3 is 0 Å². The number of methoxy groups -OCH3 is 1. The Morgan fingerprint density at radius 2 is 2.00 bits per heavy atom. The minimum Gasteiger partial charge on any atom is -0.493 e. The summed E-state index contributed by atoms with van der Waals surface area (Å²) >= 11 is 1.63. The maximum absolute atomic E-state index is 5.77. The van der Waals surface area contributed by atoms with Crippen LogP contribution in [0.4, 0.5) is 5.69 Å². The van der Waals surface area contributed by atoms with Crippen molar-refractivity contribution in [3.8, 4) is 11.5 Å². The maximum Gasteiger partial charge on any atom is 0.162 e. The summed E-state index contributed by atoms with van der Waals surface area (Å²) in [6, 6.07) is 13.4. The van der Waals surface area contributed by atoms with Crippen molar-refractivity contribution in [2.24, 2.45) is 0 Å². The summed E-state index contributed by atoms with van der Waals surface area (Å²) in [6.45, 7) is 0.416. The van der Waals surface area contributed by atoms with Gasteiger partial charge in [-0.15, -0.1) is 11.3 Å². The van der Waals surface area contributed by atoms with Crippen LogP contribution in [0.15, 0.2) is 42.5 Å². The Morgan fingerprint density at radius 3 is 2.80 bits per heavy atom. The fraction of sp³-hybridized carbons (Fsp3) is 0.133. The van der Waals surface area contributed by atoms with Crippen molar-refractivity contribution in [3.05, 3.63) is 47.5 Å². The van der Waals surface area contributed by atoms with Gasteiger partial charge in [0.25, 0.3) is 0 Å². The van der Waals surface area contributed by atoms with Gasteiger partial charge < -0.3 is 15.2 Å². The zero-order valence-corrected chi connectivity index (χ0v) is 11.8. The number of hydrogen-bond acceptors (Lipinski definition) is 5. The van der Waals surface area contributed by atoms with E-state index in [0.29, 0.717) is 23.8 Å². The number of nitrogens with zero attached hydrogens (tertiary/aromatic N) is 1. The Balaban J connectivity index is 1.79. The molecule has 1 heterocycles. The number of rotatable bonds is 4. The number of ether oxygens (including phenoxy) is 2. The van der Waals surface area contributed by atoms with E-state index in [0.717, 1.165) is 15.2 Å². The van der Waals surface area contributed by atoms with Crippen molar-refractivity contribution in [2.75, 3.05) is 12.8 Å². The fourth-order valence-electron chi connectivity index (χ4n) is 1.92. The van der Waals surface area contributed by atoms with Gasteiger partial charge in [0.05, 0.1) is 17.3 Å². The summed E-state index contributed by atoms with van der Waals surface area (Å²) in [5.41, 5.74) is 7.36. The molecular formula is C15H14N2O2S. The number of anilines is 1. The average molecular weight is 286 g/mol. The Labute approximate surface area is 120 Å². The molecule has 0 aliphatic carbocycles. The predicted molar refractivity (Wildman–Crippen MR) is 81.4 cm³/mol. The first-order valence-corrected chi connectivity index (χ1v) is 6.98. The summed E-state index contributed by atoms with van der Waals surface area (Å²) in [7, 11) is 1.60. The van der Waals surface area contributed by atoms with E-state index in [4.69, 9.17) is 15.2 Å². The molecule has 0 saturated carbocycles. The molecule has 2 aromatic carbocycles. The summed E-state index contributed by atoms with van der Waals surface area (Å²) < 4.78 is 12.2. The van der Waals surface area contributed by atoms with Gasteiger partial charge in [-0.2, -0.15) is 0 Å². The van der Waals surface area contributed by atoms with Crippen LogP contribution in [0, 0.1) is 0 Å². The normalized spacial score (nSPS) is 10.7. The molecule has 0 fully saturated rings. The number of hydrogen-bond donors (Lipinski definition) is 1. The van der Waals surface area contributed by atoms with Gasteiger partial charge in [-0.25, -0.2) is 4.98 Å². The number of nitrogens with two attached hydrogens (primary N) is 1. The van der Waals surface area contributed by atoms with Crippen molar-refractivity contribution in [3.63, 3.8) is 0 Å². The molecule has 3 aromatic rings. The largest absolute Gasteiger partial charge is 0.493 e. The highest BCUT2D eigenvalue weighted by atomic mass is 32.1. The van der Waals surface area contributed by atoms with E-state index in [1.807, 2.05) is 24.3 Å². The second-order valence-corrected chi connectivity index (χ2v) is 5.39. The highest BCUT2D eigenvalue weighted by molar-refractivity contribution is 7.18. The van der Waals surface area contributed by atoms with Gasteiger partial charge in [0.15, 0.2) is 11.5 Å². The number of para-hydroxylation sites is 1. The molecule has 0 bridgehead atoms. The van der Waals surface area contributed by atoms with E-state index >= 15 is 0 Å². The molecule has 5 heteroatoms. The topological polar surface area (TPSA) is 57.4 Å². The molecule has 4 nitrogen and oxygen atoms in total. The Morgan fingerprint density at radius 1 is 1.15 bits per heavy atom. The summed E-state index contributed by atoms with van der Waals surface area (Å²) in [5.74, 6) is 1.30. The number of aromatic nitrogens is 1. The minimum absolute atomic E-state index is 0.416. The predicted octanol–water partition coefficient (Wildman–Crippen LogP) is 3.47. The second-order valence-electron chi connectivity index (χ2n) is 4.27. The molecule has 0 atom stereocenters. The highest BCUT2D eigenvalue weighted by Crippen LogP contribution is 2.30. The zero-order valence-electron chi connectivity index (χ0n) is 11.0. The van der Waals surface area contributed by atoms with Crippen LogP contribution in [0.3, 0.4) is 0 Å². The average Bonchev–Trinajstić information content (AvgIpc) is 2.88. The molecule has 0 spiro atoms. The standard InChI is InChI=1S/C15H14N2O2S/c1-18-13-8-10(16)6-7-12(13)19-9-15-17-11-4-2-3-5-14(11)20-15/h2-8H,9,16H2,1H3. The van der Waals surface area contributed by atoms with Crippen molar-refractivity contribution in [1.29, 1.82) is 0 Å². The fourth-order valence-corrected chi connectivity index (χ4v) is 2.81. The molecule has 3 rings (SSSR count). The van der Waals surface area contributed by atoms with E-state index in [2.05, 4.69) is 11.1 Å². The zero-order chi connectivity index (χ0) is 13.9. The first kappa shape index (κ1) is 12.7. The third-order valence-electron chi connectivity index (χ3n) is 2.88. The molecule has 0 aliphatic heterocycles. The lowest BCUT2D eigenvalue weighted by molar-refractivity contribution is 0.284. The lowest BCUT2D eigenvalue weighted by Crippen LogP contribution is -1.98. The Kier molecular flexibility index (Phi) is 3.43.